The second-order valence-corrected chi connectivity index (χ2v) is 6.05. The van der Waals surface area contributed by atoms with Gasteiger partial charge in [-0.25, -0.2) is 4.98 Å². The van der Waals surface area contributed by atoms with Gasteiger partial charge in [-0.3, -0.25) is 9.48 Å². The average Bonchev–Trinajstić information content (AvgIpc) is 3.37. The highest BCUT2D eigenvalue weighted by Gasteiger charge is 2.26. The Morgan fingerprint density at radius 3 is 2.92 bits per heavy atom. The van der Waals surface area contributed by atoms with E-state index in [9.17, 15) is 4.79 Å². The second-order valence-electron chi connectivity index (χ2n) is 6.05. The van der Waals surface area contributed by atoms with Crippen molar-refractivity contribution < 1.29 is 9.21 Å². The smallest absolute Gasteiger partial charge is 0.257 e. The van der Waals surface area contributed by atoms with Crippen molar-refractivity contribution in [3.63, 3.8) is 0 Å². The first kappa shape index (κ1) is 14.7. The normalized spacial score (nSPS) is 15.8. The van der Waals surface area contributed by atoms with Crippen LogP contribution in [0, 0.1) is 0 Å². The maximum Gasteiger partial charge on any atom is 0.257 e. The van der Waals surface area contributed by atoms with Crippen molar-refractivity contribution in [1.29, 1.82) is 0 Å². The first-order valence-electron chi connectivity index (χ1n) is 8.13. The molecule has 7 heteroatoms. The number of furan rings is 1. The van der Waals surface area contributed by atoms with Crippen molar-refractivity contribution in [3.05, 3.63) is 60.3 Å². The van der Waals surface area contributed by atoms with Crippen LogP contribution in [0.2, 0.25) is 0 Å². The molecular weight excluding hydrogens is 306 g/mol. The first-order valence-corrected chi connectivity index (χ1v) is 8.13. The number of likely N-dealkylation sites (tertiary alicyclic amines) is 1. The van der Waals surface area contributed by atoms with Gasteiger partial charge in [0.2, 0.25) is 0 Å². The summed E-state index contributed by atoms with van der Waals surface area (Å²) in [5, 5.41) is 4.14. The van der Waals surface area contributed by atoms with Crippen LogP contribution in [0.3, 0.4) is 0 Å². The molecule has 1 saturated heterocycles. The molecule has 0 atom stereocenters. The summed E-state index contributed by atoms with van der Waals surface area (Å²) in [7, 11) is 0. The monoisotopic (exact) mass is 325 g/mol. The highest BCUT2D eigenvalue weighted by molar-refractivity contribution is 5.94. The molecule has 1 aliphatic rings. The van der Waals surface area contributed by atoms with Gasteiger partial charge in [-0.05, 0) is 25.0 Å². The van der Waals surface area contributed by atoms with Crippen molar-refractivity contribution in [2.24, 2.45) is 0 Å². The fraction of sp³-hybridized carbons (Fsp3) is 0.353. The molecule has 3 aromatic rings. The van der Waals surface area contributed by atoms with Gasteiger partial charge in [-0.2, -0.15) is 5.10 Å². The van der Waals surface area contributed by atoms with Crippen molar-refractivity contribution in [3.8, 4) is 0 Å². The Labute approximate surface area is 139 Å². The number of hydrogen-bond acceptors (Lipinski definition) is 4. The van der Waals surface area contributed by atoms with Crippen LogP contribution >= 0.6 is 0 Å². The predicted octanol–water partition coefficient (Wildman–Crippen LogP) is 2.27. The zero-order chi connectivity index (χ0) is 16.4. The molecule has 7 nitrogen and oxygen atoms in total. The maximum atomic E-state index is 12.6. The molecule has 4 rings (SSSR count). The van der Waals surface area contributed by atoms with Gasteiger partial charge in [0, 0.05) is 43.8 Å². The fourth-order valence-electron chi connectivity index (χ4n) is 3.17. The van der Waals surface area contributed by atoms with Crippen LogP contribution in [0.15, 0.2) is 47.6 Å². The van der Waals surface area contributed by atoms with E-state index in [1.165, 1.54) is 0 Å². The van der Waals surface area contributed by atoms with Gasteiger partial charge in [0.05, 0.1) is 12.1 Å². The lowest BCUT2D eigenvalue weighted by Gasteiger charge is -2.30. The number of nitrogens with one attached hydrogen (secondary N) is 1. The van der Waals surface area contributed by atoms with Crippen LogP contribution in [0.5, 0.6) is 0 Å². The molecule has 1 aliphatic heterocycles. The Bertz CT molecular complexity index is 783. The van der Waals surface area contributed by atoms with Crippen molar-refractivity contribution in [2.45, 2.75) is 25.3 Å². The van der Waals surface area contributed by atoms with Gasteiger partial charge in [-0.15, -0.1) is 0 Å². The molecule has 1 amide bonds. The highest BCUT2D eigenvalue weighted by atomic mass is 16.3. The number of aromatic nitrogens is 4. The van der Waals surface area contributed by atoms with E-state index in [1.54, 1.807) is 23.3 Å². The summed E-state index contributed by atoms with van der Waals surface area (Å²) in [4.78, 5) is 22.0. The van der Waals surface area contributed by atoms with Crippen LogP contribution in [0.4, 0.5) is 0 Å². The number of piperidine rings is 1. The Morgan fingerprint density at radius 1 is 1.33 bits per heavy atom. The quantitative estimate of drug-likeness (QED) is 0.798. The summed E-state index contributed by atoms with van der Waals surface area (Å²) in [6.07, 6.45) is 10.6. The van der Waals surface area contributed by atoms with E-state index >= 15 is 0 Å². The van der Waals surface area contributed by atoms with Gasteiger partial charge < -0.3 is 14.3 Å². The van der Waals surface area contributed by atoms with Crippen LogP contribution in [0.25, 0.3) is 0 Å². The molecule has 24 heavy (non-hydrogen) atoms. The number of amides is 1. The summed E-state index contributed by atoms with van der Waals surface area (Å²) in [6.45, 7) is 2.01. The van der Waals surface area contributed by atoms with Gasteiger partial charge in [0.25, 0.3) is 5.91 Å². The lowest BCUT2D eigenvalue weighted by atomic mass is 9.96. The molecule has 0 saturated carbocycles. The van der Waals surface area contributed by atoms with Gasteiger partial charge in [0.1, 0.15) is 17.8 Å². The molecule has 1 fully saturated rings. The van der Waals surface area contributed by atoms with Crippen molar-refractivity contribution in [1.82, 2.24) is 24.6 Å². The van der Waals surface area contributed by atoms with E-state index in [-0.39, 0.29) is 5.91 Å². The highest BCUT2D eigenvalue weighted by Crippen LogP contribution is 2.26. The predicted molar refractivity (Wildman–Crippen MR) is 86.5 cm³/mol. The van der Waals surface area contributed by atoms with E-state index < -0.39 is 0 Å². The zero-order valence-corrected chi connectivity index (χ0v) is 13.3. The molecule has 0 aliphatic carbocycles. The summed E-state index contributed by atoms with van der Waals surface area (Å²) in [5.74, 6) is 2.19. The van der Waals surface area contributed by atoms with E-state index in [4.69, 9.17) is 4.42 Å². The van der Waals surface area contributed by atoms with Crippen molar-refractivity contribution in [2.75, 3.05) is 13.1 Å². The average molecular weight is 325 g/mol. The third kappa shape index (κ3) is 2.97. The number of nitrogens with zero attached hydrogens (tertiary/aromatic N) is 4. The molecule has 0 aromatic carbocycles. The Kier molecular flexibility index (Phi) is 3.90. The molecule has 3 aromatic heterocycles. The third-order valence-electron chi connectivity index (χ3n) is 4.47. The molecule has 124 valence electrons. The van der Waals surface area contributed by atoms with Crippen LogP contribution in [-0.2, 0) is 6.54 Å². The summed E-state index contributed by atoms with van der Waals surface area (Å²) in [5.41, 5.74) is 0.605. The minimum absolute atomic E-state index is 0.0309. The minimum Gasteiger partial charge on any atom is -0.467 e. The Hall–Kier alpha value is -2.83. The van der Waals surface area contributed by atoms with Gasteiger partial charge in [0.15, 0.2) is 0 Å². The number of carbonyl (C=O) groups is 1. The lowest BCUT2D eigenvalue weighted by Crippen LogP contribution is -2.37. The number of carbonyl (C=O) groups excluding carboxylic acids is 1. The molecule has 0 radical (unpaired) electrons. The summed E-state index contributed by atoms with van der Waals surface area (Å²) >= 11 is 0. The number of aromatic amines is 1. The lowest BCUT2D eigenvalue weighted by molar-refractivity contribution is 0.0710. The fourth-order valence-corrected chi connectivity index (χ4v) is 3.17. The molecule has 0 spiro atoms. The third-order valence-corrected chi connectivity index (χ3v) is 4.47. The molecule has 0 unspecified atom stereocenters. The standard InChI is InChI=1S/C17H19N5O2/c23-17(14-10-15(24-12-14)11-22-7-1-4-20-22)21-8-2-13(3-9-21)16-18-5-6-19-16/h1,4-7,10,12-13H,2-3,8-9,11H2,(H,18,19). The van der Waals surface area contributed by atoms with Crippen LogP contribution < -0.4 is 0 Å². The van der Waals surface area contributed by atoms with Gasteiger partial charge in [-0.1, -0.05) is 0 Å². The first-order chi connectivity index (χ1) is 11.8. The molecule has 4 heterocycles. The van der Waals surface area contributed by atoms with E-state index in [0.29, 0.717) is 18.0 Å². The van der Waals surface area contributed by atoms with E-state index in [2.05, 4.69) is 15.1 Å². The molecule has 1 N–H and O–H groups in total. The topological polar surface area (TPSA) is 79.9 Å². The zero-order valence-electron chi connectivity index (χ0n) is 13.3. The Morgan fingerprint density at radius 2 is 2.21 bits per heavy atom. The Balaban J connectivity index is 1.37. The van der Waals surface area contributed by atoms with E-state index in [1.807, 2.05) is 29.4 Å². The van der Waals surface area contributed by atoms with Crippen LogP contribution in [0.1, 0.15) is 40.7 Å². The second kappa shape index (κ2) is 6.35. The maximum absolute atomic E-state index is 12.6. The SMILES string of the molecule is O=C(c1coc(Cn2cccn2)c1)N1CCC(c2ncc[nH]2)CC1. The molecular formula is C17H19N5O2. The number of hydrogen-bond donors (Lipinski definition) is 1. The minimum atomic E-state index is 0.0309. The largest absolute Gasteiger partial charge is 0.467 e. The van der Waals surface area contributed by atoms with E-state index in [0.717, 1.165) is 37.5 Å². The van der Waals surface area contributed by atoms with Gasteiger partial charge >= 0.3 is 0 Å². The summed E-state index contributed by atoms with van der Waals surface area (Å²) < 4.78 is 7.27. The number of imidazole rings is 1. The number of rotatable bonds is 4. The summed E-state index contributed by atoms with van der Waals surface area (Å²) in [6, 6.07) is 3.67. The molecule has 0 bridgehead atoms. The number of H-pyrrole nitrogens is 1. The van der Waals surface area contributed by atoms with Crippen LogP contribution in [-0.4, -0.2) is 43.6 Å². The van der Waals surface area contributed by atoms with Crippen molar-refractivity contribution >= 4 is 5.91 Å².